The van der Waals surface area contributed by atoms with Crippen LogP contribution in [-0.4, -0.2) is 43.6 Å². The van der Waals surface area contributed by atoms with Gasteiger partial charge in [-0.05, 0) is 30.5 Å². The molecule has 2 aromatic rings. The maximum Gasteiger partial charge on any atom is 0.377 e. The van der Waals surface area contributed by atoms with E-state index < -0.39 is 29.7 Å². The Hall–Kier alpha value is -2.80. The number of phenolic OH excluding ortho intramolecular Hbond substituents is 1. The van der Waals surface area contributed by atoms with Crippen LogP contribution in [0.4, 0.5) is 0 Å². The third-order valence-electron chi connectivity index (χ3n) is 3.84. The van der Waals surface area contributed by atoms with Gasteiger partial charge in [0, 0.05) is 11.6 Å². The molecule has 0 amide bonds. The molecule has 0 saturated heterocycles. The minimum Gasteiger partial charge on any atom is -0.506 e. The van der Waals surface area contributed by atoms with Crippen LogP contribution < -0.4 is 0 Å². The van der Waals surface area contributed by atoms with E-state index in [1.165, 1.54) is 6.07 Å². The van der Waals surface area contributed by atoms with Gasteiger partial charge in [0.2, 0.25) is 5.76 Å². The second-order valence-electron chi connectivity index (χ2n) is 5.31. The Morgan fingerprint density at radius 1 is 1.22 bits per heavy atom. The normalized spacial score (nSPS) is 19.2. The van der Waals surface area contributed by atoms with Crippen LogP contribution in [0, 0.1) is 0 Å². The number of cyclic esters (lactones) is 1. The molecule has 0 bridgehead atoms. The van der Waals surface area contributed by atoms with E-state index in [9.17, 15) is 25.2 Å². The number of aromatic nitrogens is 1. The van der Waals surface area contributed by atoms with Gasteiger partial charge in [-0.2, -0.15) is 0 Å². The molecule has 7 nitrogen and oxygen atoms in total. The number of hydrogen-bond acceptors (Lipinski definition) is 7. The van der Waals surface area contributed by atoms with Crippen molar-refractivity contribution in [2.24, 2.45) is 0 Å². The lowest BCUT2D eigenvalue weighted by Gasteiger charge is -2.17. The van der Waals surface area contributed by atoms with Gasteiger partial charge in [-0.15, -0.1) is 0 Å². The van der Waals surface area contributed by atoms with Gasteiger partial charge < -0.3 is 25.2 Å². The molecule has 2 heterocycles. The van der Waals surface area contributed by atoms with Crippen molar-refractivity contribution in [1.29, 1.82) is 0 Å². The molecular formula is C16H15NO6. The zero-order valence-corrected chi connectivity index (χ0v) is 12.0. The van der Waals surface area contributed by atoms with Crippen molar-refractivity contribution in [3.05, 3.63) is 47.5 Å². The molecule has 120 valence electrons. The number of phenols is 1. The third kappa shape index (κ3) is 2.66. The number of benzene rings is 1. The Morgan fingerprint density at radius 3 is 2.70 bits per heavy atom. The maximum absolute atomic E-state index is 11.1. The first kappa shape index (κ1) is 15.1. The van der Waals surface area contributed by atoms with Crippen LogP contribution in [0.5, 0.6) is 5.75 Å². The summed E-state index contributed by atoms with van der Waals surface area (Å²) in [6.45, 7) is 0. The van der Waals surface area contributed by atoms with Crippen molar-refractivity contribution in [3.8, 4) is 5.75 Å². The number of carbonyl (C=O) groups excluding carboxylic acids is 1. The topological polar surface area (TPSA) is 120 Å². The van der Waals surface area contributed by atoms with Gasteiger partial charge in [-0.3, -0.25) is 4.98 Å². The van der Waals surface area contributed by atoms with Crippen molar-refractivity contribution >= 4 is 16.9 Å². The van der Waals surface area contributed by atoms with Crippen molar-refractivity contribution in [2.45, 2.75) is 25.0 Å². The van der Waals surface area contributed by atoms with Crippen LogP contribution in [0.1, 0.15) is 12.0 Å². The van der Waals surface area contributed by atoms with Crippen LogP contribution in [0.3, 0.4) is 0 Å². The minimum atomic E-state index is -1.26. The minimum absolute atomic E-state index is 0.0696. The van der Waals surface area contributed by atoms with Gasteiger partial charge >= 0.3 is 5.97 Å². The van der Waals surface area contributed by atoms with Crippen LogP contribution >= 0.6 is 0 Å². The second kappa shape index (κ2) is 5.77. The number of ether oxygens (including phenoxy) is 1. The van der Waals surface area contributed by atoms with Gasteiger partial charge in [0.15, 0.2) is 11.9 Å². The molecule has 0 fully saturated rings. The van der Waals surface area contributed by atoms with Crippen molar-refractivity contribution in [1.82, 2.24) is 4.98 Å². The molecule has 0 spiro atoms. The SMILES string of the molecule is O=C1OC(C(O)CCc2ccc(O)c3ncccc23)C(O)=C1O. The number of aliphatic hydroxyl groups excluding tert-OH is 3. The smallest absolute Gasteiger partial charge is 0.377 e. The summed E-state index contributed by atoms with van der Waals surface area (Å²) < 4.78 is 4.73. The number of aromatic hydroxyl groups is 1. The summed E-state index contributed by atoms with van der Waals surface area (Å²) in [5.41, 5.74) is 1.31. The molecule has 1 aromatic heterocycles. The Bertz CT molecular complexity index is 800. The summed E-state index contributed by atoms with van der Waals surface area (Å²) in [4.78, 5) is 15.3. The number of aliphatic hydroxyl groups is 3. The highest BCUT2D eigenvalue weighted by atomic mass is 16.6. The van der Waals surface area contributed by atoms with E-state index in [0.717, 1.165) is 10.9 Å². The molecule has 1 aliphatic heterocycles. The average molecular weight is 317 g/mol. The van der Waals surface area contributed by atoms with Crippen LogP contribution in [-0.2, 0) is 16.0 Å². The summed E-state index contributed by atoms with van der Waals surface area (Å²) in [5, 5.41) is 39.5. The average Bonchev–Trinajstić information content (AvgIpc) is 2.82. The molecule has 7 heteroatoms. The number of pyridine rings is 1. The Labute approximate surface area is 131 Å². The summed E-state index contributed by atoms with van der Waals surface area (Å²) >= 11 is 0. The molecule has 2 atom stereocenters. The van der Waals surface area contributed by atoms with Crippen molar-refractivity contribution in [2.75, 3.05) is 0 Å². The van der Waals surface area contributed by atoms with Crippen molar-refractivity contribution < 1.29 is 30.0 Å². The predicted octanol–water partition coefficient (Wildman–Crippen LogP) is 1.49. The van der Waals surface area contributed by atoms with Gasteiger partial charge in [-0.1, -0.05) is 12.1 Å². The third-order valence-corrected chi connectivity index (χ3v) is 3.84. The van der Waals surface area contributed by atoms with E-state index in [-0.39, 0.29) is 12.2 Å². The molecule has 1 aromatic carbocycles. The highest BCUT2D eigenvalue weighted by Gasteiger charge is 2.38. The molecule has 0 saturated carbocycles. The molecule has 0 aliphatic carbocycles. The Kier molecular flexibility index (Phi) is 3.79. The number of hydrogen-bond donors (Lipinski definition) is 4. The number of rotatable bonds is 4. The van der Waals surface area contributed by atoms with E-state index in [4.69, 9.17) is 4.74 Å². The lowest BCUT2D eigenvalue weighted by atomic mass is 9.99. The molecule has 2 unspecified atom stereocenters. The summed E-state index contributed by atoms with van der Waals surface area (Å²) in [5.74, 6) is -2.50. The van der Waals surface area contributed by atoms with Gasteiger partial charge in [0.25, 0.3) is 0 Å². The fourth-order valence-electron chi connectivity index (χ4n) is 2.62. The number of esters is 1. The van der Waals surface area contributed by atoms with Gasteiger partial charge in [0.05, 0.1) is 6.10 Å². The molecule has 4 N–H and O–H groups in total. The van der Waals surface area contributed by atoms with E-state index in [1.807, 2.05) is 6.07 Å². The first-order valence-electron chi connectivity index (χ1n) is 7.05. The molecule has 0 radical (unpaired) electrons. The Balaban J connectivity index is 1.77. The lowest BCUT2D eigenvalue weighted by molar-refractivity contribution is -0.146. The number of nitrogens with zero attached hydrogens (tertiary/aromatic N) is 1. The van der Waals surface area contributed by atoms with Gasteiger partial charge in [-0.25, -0.2) is 4.79 Å². The van der Waals surface area contributed by atoms with Crippen molar-refractivity contribution in [3.63, 3.8) is 0 Å². The number of fused-ring (bicyclic) bond motifs is 1. The first-order valence-corrected chi connectivity index (χ1v) is 7.05. The predicted molar refractivity (Wildman–Crippen MR) is 79.9 cm³/mol. The standard InChI is InChI=1S/C16H15NO6/c18-10-5-3-8(9-2-1-7-17-12(9)10)4-6-11(19)15-13(20)14(21)16(22)23-15/h1-3,5,7,11,15,18-21H,4,6H2. The van der Waals surface area contributed by atoms with Crippen LogP contribution in [0.2, 0.25) is 0 Å². The second-order valence-corrected chi connectivity index (χ2v) is 5.31. The summed E-state index contributed by atoms with van der Waals surface area (Å²) in [7, 11) is 0. The molecule has 23 heavy (non-hydrogen) atoms. The van der Waals surface area contributed by atoms with Gasteiger partial charge in [0.1, 0.15) is 11.3 Å². The highest BCUT2D eigenvalue weighted by Crippen LogP contribution is 2.28. The van der Waals surface area contributed by atoms with Crippen LogP contribution in [0.15, 0.2) is 42.0 Å². The van der Waals surface area contributed by atoms with Crippen LogP contribution in [0.25, 0.3) is 10.9 Å². The first-order chi connectivity index (χ1) is 11.0. The zero-order chi connectivity index (χ0) is 16.6. The van der Waals surface area contributed by atoms with E-state index >= 15 is 0 Å². The lowest BCUT2D eigenvalue weighted by Crippen LogP contribution is -2.29. The monoisotopic (exact) mass is 317 g/mol. The fraction of sp³-hybridized carbons (Fsp3) is 0.250. The molecule has 1 aliphatic rings. The largest absolute Gasteiger partial charge is 0.506 e. The zero-order valence-electron chi connectivity index (χ0n) is 12.0. The molecule has 3 rings (SSSR count). The quantitative estimate of drug-likeness (QED) is 0.630. The highest BCUT2D eigenvalue weighted by molar-refractivity contribution is 5.89. The Morgan fingerprint density at radius 2 is 2.00 bits per heavy atom. The van der Waals surface area contributed by atoms with E-state index in [1.54, 1.807) is 18.3 Å². The summed E-state index contributed by atoms with van der Waals surface area (Å²) in [6, 6.07) is 6.80. The summed E-state index contributed by atoms with van der Waals surface area (Å²) in [6.07, 6.45) is -0.256. The van der Waals surface area contributed by atoms with E-state index in [0.29, 0.717) is 11.9 Å². The maximum atomic E-state index is 11.1. The fourth-order valence-corrected chi connectivity index (χ4v) is 2.62. The molecular weight excluding hydrogens is 302 g/mol. The van der Waals surface area contributed by atoms with E-state index in [2.05, 4.69) is 4.98 Å². The number of aryl methyl sites for hydroxylation is 1. The number of carbonyl (C=O) groups is 1.